The molecule has 3 aromatic rings. The third-order valence-corrected chi connectivity index (χ3v) is 5.22. The van der Waals surface area contributed by atoms with Gasteiger partial charge in [-0.3, -0.25) is 10.1 Å². The molecular weight excluding hydrogens is 525 g/mol. The van der Waals surface area contributed by atoms with Gasteiger partial charge >= 0.3 is 0 Å². The summed E-state index contributed by atoms with van der Waals surface area (Å²) in [6.07, 6.45) is 1.56. The Morgan fingerprint density at radius 3 is 2.59 bits per heavy atom. The zero-order valence-corrected chi connectivity index (χ0v) is 19.2. The number of nitro benzene ring substituents is 1. The van der Waals surface area contributed by atoms with Crippen molar-refractivity contribution in [3.63, 3.8) is 0 Å². The minimum Gasteiger partial charge on any atom is -0.493 e. The van der Waals surface area contributed by atoms with E-state index in [1.807, 2.05) is 18.2 Å². The average molecular weight is 543 g/mol. The molecule has 0 fully saturated rings. The third-order valence-electron chi connectivity index (χ3n) is 4.42. The number of oxime groups is 1. The summed E-state index contributed by atoms with van der Waals surface area (Å²) >= 11 is 2.14. The summed E-state index contributed by atoms with van der Waals surface area (Å²) in [4.78, 5) is 15.7. The van der Waals surface area contributed by atoms with Crippen LogP contribution in [0.15, 0.2) is 65.8 Å². The first-order chi connectivity index (χ1) is 15.5. The van der Waals surface area contributed by atoms with Gasteiger partial charge in [0.2, 0.25) is 0 Å². The summed E-state index contributed by atoms with van der Waals surface area (Å²) < 4.78 is 12.2. The molecule has 0 N–H and O–H groups in total. The Morgan fingerprint density at radius 2 is 1.91 bits per heavy atom. The average Bonchev–Trinajstić information content (AvgIpc) is 2.81. The Morgan fingerprint density at radius 1 is 1.16 bits per heavy atom. The van der Waals surface area contributed by atoms with E-state index in [9.17, 15) is 10.1 Å². The van der Waals surface area contributed by atoms with Crippen molar-refractivity contribution in [2.75, 3.05) is 7.11 Å². The molecule has 0 saturated carbocycles. The predicted octanol–water partition coefficient (Wildman–Crippen LogP) is 5.21. The van der Waals surface area contributed by atoms with Crippen molar-refractivity contribution in [2.45, 2.75) is 13.2 Å². The molecule has 0 aliphatic rings. The van der Waals surface area contributed by atoms with Gasteiger partial charge in [0.05, 0.1) is 33.5 Å². The minimum absolute atomic E-state index is 0.0304. The molecule has 0 unspecified atom stereocenters. The smallest absolute Gasteiger partial charge is 0.269 e. The zero-order chi connectivity index (χ0) is 22.9. The first-order valence-corrected chi connectivity index (χ1v) is 10.5. The van der Waals surface area contributed by atoms with Gasteiger partial charge in [0.25, 0.3) is 5.69 Å². The van der Waals surface area contributed by atoms with Gasteiger partial charge in [-0.2, -0.15) is 5.26 Å². The third kappa shape index (κ3) is 5.95. The lowest BCUT2D eigenvalue weighted by Gasteiger charge is -2.13. The molecule has 32 heavy (non-hydrogen) atoms. The molecule has 0 aliphatic carbocycles. The lowest BCUT2D eigenvalue weighted by Crippen LogP contribution is -2.01. The minimum atomic E-state index is -0.442. The second-order valence-electron chi connectivity index (χ2n) is 6.52. The van der Waals surface area contributed by atoms with Crippen molar-refractivity contribution >= 4 is 34.5 Å². The highest BCUT2D eigenvalue weighted by Gasteiger charge is 2.12. The van der Waals surface area contributed by atoms with Gasteiger partial charge in [-0.25, -0.2) is 0 Å². The summed E-state index contributed by atoms with van der Waals surface area (Å²) in [6, 6.07) is 19.1. The van der Waals surface area contributed by atoms with E-state index in [-0.39, 0.29) is 18.9 Å². The van der Waals surface area contributed by atoms with Crippen LogP contribution in [0.1, 0.15) is 22.3 Å². The molecule has 3 rings (SSSR count). The highest BCUT2D eigenvalue weighted by Crippen LogP contribution is 2.34. The first kappa shape index (κ1) is 23.0. The quantitative estimate of drug-likeness (QED) is 0.159. The van der Waals surface area contributed by atoms with Crippen LogP contribution in [0.25, 0.3) is 0 Å². The summed E-state index contributed by atoms with van der Waals surface area (Å²) in [5.41, 5.74) is 2.89. The Labute approximate surface area is 198 Å². The molecular formula is C23H18IN3O5. The van der Waals surface area contributed by atoms with Crippen molar-refractivity contribution < 1.29 is 19.2 Å². The Balaban J connectivity index is 1.65. The number of benzene rings is 3. The topological polar surface area (TPSA) is 107 Å². The number of hydrogen-bond donors (Lipinski definition) is 0. The number of nitro groups is 1. The van der Waals surface area contributed by atoms with Crippen molar-refractivity contribution in [3.8, 4) is 17.6 Å². The number of ether oxygens (including phenoxy) is 2. The molecule has 9 heteroatoms. The van der Waals surface area contributed by atoms with Gasteiger partial charge < -0.3 is 14.3 Å². The molecule has 8 nitrogen and oxygen atoms in total. The van der Waals surface area contributed by atoms with Crippen LogP contribution in [-0.2, 0) is 18.1 Å². The van der Waals surface area contributed by atoms with E-state index in [2.05, 4.69) is 33.8 Å². The van der Waals surface area contributed by atoms with Crippen LogP contribution in [0.4, 0.5) is 5.69 Å². The van der Waals surface area contributed by atoms with Crippen molar-refractivity contribution in [1.82, 2.24) is 0 Å². The van der Waals surface area contributed by atoms with Crippen LogP contribution < -0.4 is 9.47 Å². The van der Waals surface area contributed by atoms with E-state index in [0.717, 1.165) is 20.3 Å². The van der Waals surface area contributed by atoms with E-state index < -0.39 is 4.92 Å². The lowest BCUT2D eigenvalue weighted by molar-refractivity contribution is -0.384. The highest BCUT2D eigenvalue weighted by molar-refractivity contribution is 14.1. The van der Waals surface area contributed by atoms with E-state index in [0.29, 0.717) is 17.1 Å². The second-order valence-corrected chi connectivity index (χ2v) is 7.69. The van der Waals surface area contributed by atoms with Crippen LogP contribution in [0.2, 0.25) is 0 Å². The molecule has 0 saturated heterocycles. The van der Waals surface area contributed by atoms with Crippen LogP contribution in [0.3, 0.4) is 0 Å². The molecule has 0 spiro atoms. The largest absolute Gasteiger partial charge is 0.493 e. The van der Waals surface area contributed by atoms with E-state index >= 15 is 0 Å². The Kier molecular flexibility index (Phi) is 7.99. The molecule has 3 aromatic carbocycles. The van der Waals surface area contributed by atoms with Gasteiger partial charge in [0.1, 0.15) is 13.2 Å². The summed E-state index contributed by atoms with van der Waals surface area (Å²) in [6.45, 7) is 0.421. The molecule has 0 bridgehead atoms. The highest BCUT2D eigenvalue weighted by atomic mass is 127. The summed E-state index contributed by atoms with van der Waals surface area (Å²) in [5, 5.41) is 23.9. The molecule has 0 amide bonds. The SMILES string of the molecule is COc1cc(/C=N\OCc2ccccc2C#N)cc(I)c1OCc1ccc([N+](=O)[O-])cc1. The van der Waals surface area contributed by atoms with Gasteiger partial charge in [0.15, 0.2) is 11.5 Å². The van der Waals surface area contributed by atoms with E-state index in [1.54, 1.807) is 43.7 Å². The molecule has 0 aromatic heterocycles. The number of non-ortho nitro benzene ring substituents is 1. The van der Waals surface area contributed by atoms with Gasteiger partial charge in [-0.15, -0.1) is 0 Å². The van der Waals surface area contributed by atoms with Crippen LogP contribution in [0.5, 0.6) is 11.5 Å². The Bertz CT molecular complexity index is 1170. The number of methoxy groups -OCH3 is 1. The standard InChI is InChI=1S/C23H18IN3O5/c1-30-22-11-17(13-26-32-15-19-5-3-2-4-18(19)12-25)10-21(24)23(22)31-14-16-6-8-20(9-7-16)27(28)29/h2-11,13H,14-15H2,1H3/b26-13-. The molecule has 0 radical (unpaired) electrons. The molecule has 0 aliphatic heterocycles. The maximum absolute atomic E-state index is 10.8. The lowest BCUT2D eigenvalue weighted by atomic mass is 10.1. The second kappa shape index (κ2) is 11.1. The maximum Gasteiger partial charge on any atom is 0.269 e. The van der Waals surface area contributed by atoms with Crippen molar-refractivity contribution in [1.29, 1.82) is 5.26 Å². The maximum atomic E-state index is 10.8. The number of rotatable bonds is 9. The van der Waals surface area contributed by atoms with Crippen LogP contribution in [-0.4, -0.2) is 18.2 Å². The zero-order valence-electron chi connectivity index (χ0n) is 17.0. The summed E-state index contributed by atoms with van der Waals surface area (Å²) in [5.74, 6) is 1.09. The number of hydrogen-bond acceptors (Lipinski definition) is 7. The molecule has 0 heterocycles. The van der Waals surface area contributed by atoms with Crippen LogP contribution in [0, 0.1) is 25.0 Å². The predicted molar refractivity (Wildman–Crippen MR) is 127 cm³/mol. The number of nitrogens with zero attached hydrogens (tertiary/aromatic N) is 3. The van der Waals surface area contributed by atoms with Crippen molar-refractivity contribution in [3.05, 3.63) is 96.6 Å². The van der Waals surface area contributed by atoms with Gasteiger partial charge in [-0.05, 0) is 58.5 Å². The van der Waals surface area contributed by atoms with Crippen LogP contribution >= 0.6 is 22.6 Å². The first-order valence-electron chi connectivity index (χ1n) is 9.39. The normalized spacial score (nSPS) is 10.5. The molecule has 0 atom stereocenters. The van der Waals surface area contributed by atoms with Crippen molar-refractivity contribution in [2.24, 2.45) is 5.16 Å². The monoisotopic (exact) mass is 543 g/mol. The molecule has 162 valence electrons. The number of nitriles is 1. The fourth-order valence-electron chi connectivity index (χ4n) is 2.78. The van der Waals surface area contributed by atoms with Gasteiger partial charge in [-0.1, -0.05) is 23.4 Å². The van der Waals surface area contributed by atoms with E-state index in [4.69, 9.17) is 19.6 Å². The summed E-state index contributed by atoms with van der Waals surface area (Å²) in [7, 11) is 1.54. The van der Waals surface area contributed by atoms with Gasteiger partial charge in [0, 0.05) is 23.3 Å². The fourth-order valence-corrected chi connectivity index (χ4v) is 3.57. The van der Waals surface area contributed by atoms with E-state index in [1.165, 1.54) is 12.1 Å². The number of halogens is 1. The Hall–Kier alpha value is -3.65. The fraction of sp³-hybridized carbons (Fsp3) is 0.130.